The third-order valence-corrected chi connectivity index (χ3v) is 5.12. The summed E-state index contributed by atoms with van der Waals surface area (Å²) in [6.45, 7) is 4.41. The van der Waals surface area contributed by atoms with E-state index >= 15 is 0 Å². The maximum absolute atomic E-state index is 12.7. The maximum atomic E-state index is 12.7. The fourth-order valence-electron chi connectivity index (χ4n) is 2.80. The van der Waals surface area contributed by atoms with Gasteiger partial charge in [0.1, 0.15) is 0 Å². The summed E-state index contributed by atoms with van der Waals surface area (Å²) in [5.41, 5.74) is 0.236. The average molecular weight is 412 g/mol. The molecule has 10 heteroatoms. The van der Waals surface area contributed by atoms with Gasteiger partial charge in [-0.2, -0.15) is 13.2 Å². The summed E-state index contributed by atoms with van der Waals surface area (Å²) in [5.74, 6) is -0.333. The number of urea groups is 1. The van der Waals surface area contributed by atoms with E-state index in [9.17, 15) is 22.8 Å². The number of thiazole rings is 1. The number of fused-ring (bicyclic) bond motifs is 1. The van der Waals surface area contributed by atoms with Gasteiger partial charge in [-0.3, -0.25) is 10.1 Å². The normalized spacial score (nSPS) is 14.0. The lowest BCUT2D eigenvalue weighted by atomic mass is 10.1. The van der Waals surface area contributed by atoms with Gasteiger partial charge in [0.2, 0.25) is 0 Å². The van der Waals surface area contributed by atoms with Crippen molar-refractivity contribution in [1.29, 1.82) is 0 Å². The zero-order valence-corrected chi connectivity index (χ0v) is 16.1. The van der Waals surface area contributed by atoms with Crippen molar-refractivity contribution in [2.24, 2.45) is 0 Å². The first-order chi connectivity index (χ1) is 13.1. The molecule has 2 N–H and O–H groups in total. The standard InChI is InChI=1S/C18H19F3N4O2S/c1-10(2)22-16(27)24-17-23-13-7-8-25(9-14(13)28-17)15(26)11-3-5-12(6-4-11)18(19,20)21/h3-6,10H,7-9H2,1-2H3,(H2,22,23,24,27). The molecule has 3 amide bonds. The molecule has 2 aromatic rings. The van der Waals surface area contributed by atoms with Crippen molar-refractivity contribution in [3.8, 4) is 0 Å². The third-order valence-electron chi connectivity index (χ3n) is 4.12. The molecule has 0 radical (unpaired) electrons. The maximum Gasteiger partial charge on any atom is 0.416 e. The van der Waals surface area contributed by atoms with E-state index in [1.807, 2.05) is 13.8 Å². The quantitative estimate of drug-likeness (QED) is 0.803. The topological polar surface area (TPSA) is 74.3 Å². The van der Waals surface area contributed by atoms with Crippen LogP contribution in [0.1, 0.15) is 40.3 Å². The van der Waals surface area contributed by atoms with E-state index in [4.69, 9.17) is 0 Å². The average Bonchev–Trinajstić information content (AvgIpc) is 3.00. The Labute approximate surface area is 163 Å². The molecule has 0 aliphatic carbocycles. The number of aromatic nitrogens is 1. The lowest BCUT2D eigenvalue weighted by molar-refractivity contribution is -0.137. The van der Waals surface area contributed by atoms with Crippen molar-refractivity contribution in [2.75, 3.05) is 11.9 Å². The Bertz CT molecular complexity index is 878. The summed E-state index contributed by atoms with van der Waals surface area (Å²) in [4.78, 5) is 31.2. The Balaban J connectivity index is 1.67. The van der Waals surface area contributed by atoms with Gasteiger partial charge in [0.05, 0.1) is 17.8 Å². The molecule has 1 aliphatic rings. The number of hydrogen-bond donors (Lipinski definition) is 2. The molecule has 0 bridgehead atoms. The van der Waals surface area contributed by atoms with Crippen LogP contribution in [0.3, 0.4) is 0 Å². The highest BCUT2D eigenvalue weighted by atomic mass is 32.1. The Hall–Kier alpha value is -2.62. The number of alkyl halides is 3. The minimum Gasteiger partial charge on any atom is -0.336 e. The van der Waals surface area contributed by atoms with Gasteiger partial charge >= 0.3 is 12.2 Å². The number of nitrogens with one attached hydrogen (secondary N) is 2. The summed E-state index contributed by atoms with van der Waals surface area (Å²) in [5, 5.41) is 5.83. The number of benzene rings is 1. The van der Waals surface area contributed by atoms with Crippen LogP contribution >= 0.6 is 11.3 Å². The van der Waals surface area contributed by atoms with Crippen LogP contribution in [0.4, 0.5) is 23.1 Å². The molecule has 150 valence electrons. The van der Waals surface area contributed by atoms with E-state index in [2.05, 4.69) is 15.6 Å². The number of amides is 3. The SMILES string of the molecule is CC(C)NC(=O)Nc1nc2c(s1)CN(C(=O)c1ccc(C(F)(F)F)cc1)CC2. The Morgan fingerprint density at radius 1 is 1.21 bits per heavy atom. The van der Waals surface area contributed by atoms with Crippen molar-refractivity contribution < 1.29 is 22.8 Å². The largest absolute Gasteiger partial charge is 0.416 e. The van der Waals surface area contributed by atoms with E-state index in [1.165, 1.54) is 23.5 Å². The smallest absolute Gasteiger partial charge is 0.336 e. The van der Waals surface area contributed by atoms with Gasteiger partial charge in [-0.1, -0.05) is 11.3 Å². The highest BCUT2D eigenvalue weighted by Crippen LogP contribution is 2.31. The lowest BCUT2D eigenvalue weighted by Gasteiger charge is -2.26. The van der Waals surface area contributed by atoms with Crippen LogP contribution in [-0.4, -0.2) is 34.4 Å². The molecular formula is C18H19F3N4O2S. The minimum absolute atomic E-state index is 0.00793. The Kier molecular flexibility index (Phi) is 5.59. The molecule has 6 nitrogen and oxygen atoms in total. The van der Waals surface area contributed by atoms with Gasteiger partial charge in [0, 0.05) is 29.4 Å². The van der Waals surface area contributed by atoms with Crippen molar-refractivity contribution in [2.45, 2.75) is 39.0 Å². The second-order valence-electron chi connectivity index (χ2n) is 6.69. The van der Waals surface area contributed by atoms with Crippen LogP contribution in [-0.2, 0) is 19.1 Å². The zero-order valence-electron chi connectivity index (χ0n) is 15.3. The first kappa shape index (κ1) is 20.1. The predicted molar refractivity (Wildman–Crippen MR) is 99.3 cm³/mol. The van der Waals surface area contributed by atoms with Crippen LogP contribution in [0, 0.1) is 0 Å². The van der Waals surface area contributed by atoms with E-state index in [1.54, 1.807) is 4.90 Å². The molecule has 0 unspecified atom stereocenters. The van der Waals surface area contributed by atoms with Gasteiger partial charge in [0.15, 0.2) is 5.13 Å². The van der Waals surface area contributed by atoms with Gasteiger partial charge in [-0.15, -0.1) is 0 Å². The number of carbonyl (C=O) groups is 2. The molecule has 1 aliphatic heterocycles. The third kappa shape index (κ3) is 4.61. The number of halogens is 3. The molecule has 0 saturated heterocycles. The van der Waals surface area contributed by atoms with E-state index in [0.717, 1.165) is 22.7 Å². The highest BCUT2D eigenvalue weighted by molar-refractivity contribution is 7.15. The number of hydrogen-bond acceptors (Lipinski definition) is 4. The first-order valence-corrected chi connectivity index (χ1v) is 9.48. The summed E-state index contributed by atoms with van der Waals surface area (Å²) < 4.78 is 38.0. The number of carbonyl (C=O) groups excluding carboxylic acids is 2. The van der Waals surface area contributed by atoms with Crippen LogP contribution in [0.25, 0.3) is 0 Å². The van der Waals surface area contributed by atoms with Crippen molar-refractivity contribution >= 4 is 28.4 Å². The van der Waals surface area contributed by atoms with Crippen LogP contribution in [0.2, 0.25) is 0 Å². The molecule has 0 atom stereocenters. The zero-order chi connectivity index (χ0) is 20.5. The van der Waals surface area contributed by atoms with Gasteiger partial charge < -0.3 is 10.2 Å². The van der Waals surface area contributed by atoms with Crippen LogP contribution < -0.4 is 10.6 Å². The van der Waals surface area contributed by atoms with Crippen molar-refractivity contribution in [3.05, 3.63) is 46.0 Å². The summed E-state index contributed by atoms with van der Waals surface area (Å²) in [6, 6.07) is 3.84. The molecule has 0 saturated carbocycles. The van der Waals surface area contributed by atoms with E-state index in [0.29, 0.717) is 24.6 Å². The second kappa shape index (κ2) is 7.78. The lowest BCUT2D eigenvalue weighted by Crippen LogP contribution is -2.35. The molecule has 0 spiro atoms. The predicted octanol–water partition coefficient (Wildman–Crippen LogP) is 3.89. The summed E-state index contributed by atoms with van der Waals surface area (Å²) in [6.07, 6.45) is -3.92. The first-order valence-electron chi connectivity index (χ1n) is 8.66. The Morgan fingerprint density at radius 2 is 1.89 bits per heavy atom. The van der Waals surface area contributed by atoms with E-state index in [-0.39, 0.29) is 23.5 Å². The minimum atomic E-state index is -4.44. The number of nitrogens with zero attached hydrogens (tertiary/aromatic N) is 2. The second-order valence-corrected chi connectivity index (χ2v) is 7.78. The molecule has 2 heterocycles. The fourth-order valence-corrected chi connectivity index (χ4v) is 3.82. The number of rotatable bonds is 3. The molecule has 1 aromatic carbocycles. The Morgan fingerprint density at radius 3 is 2.50 bits per heavy atom. The molecule has 0 fully saturated rings. The van der Waals surface area contributed by atoms with E-state index < -0.39 is 11.7 Å². The monoisotopic (exact) mass is 412 g/mol. The summed E-state index contributed by atoms with van der Waals surface area (Å²) in [7, 11) is 0. The molecular weight excluding hydrogens is 393 g/mol. The van der Waals surface area contributed by atoms with Gasteiger partial charge in [0.25, 0.3) is 5.91 Å². The van der Waals surface area contributed by atoms with Crippen LogP contribution in [0.5, 0.6) is 0 Å². The van der Waals surface area contributed by atoms with Crippen molar-refractivity contribution in [1.82, 2.24) is 15.2 Å². The molecule has 3 rings (SSSR count). The van der Waals surface area contributed by atoms with Crippen molar-refractivity contribution in [3.63, 3.8) is 0 Å². The fraction of sp³-hybridized carbons (Fsp3) is 0.389. The summed E-state index contributed by atoms with van der Waals surface area (Å²) >= 11 is 1.29. The van der Waals surface area contributed by atoms with Gasteiger partial charge in [-0.25, -0.2) is 9.78 Å². The molecule has 1 aromatic heterocycles. The van der Waals surface area contributed by atoms with Crippen LogP contribution in [0.15, 0.2) is 24.3 Å². The number of anilines is 1. The molecule has 28 heavy (non-hydrogen) atoms. The highest BCUT2D eigenvalue weighted by Gasteiger charge is 2.31. The van der Waals surface area contributed by atoms with Gasteiger partial charge in [-0.05, 0) is 38.1 Å².